The molecular formula is C25H28Cl2N2Zr. The summed E-state index contributed by atoms with van der Waals surface area (Å²) in [6.07, 6.45) is 4.83. The summed E-state index contributed by atoms with van der Waals surface area (Å²) in [5.74, 6) is 0. The molecule has 1 aliphatic heterocycles. The van der Waals surface area contributed by atoms with Crippen LogP contribution < -0.4 is 0 Å². The van der Waals surface area contributed by atoms with Crippen molar-refractivity contribution in [1.29, 1.82) is 0 Å². The first kappa shape index (κ1) is 24.0. The molecule has 156 valence electrons. The Morgan fingerprint density at radius 3 is 1.47 bits per heavy atom. The molecule has 0 radical (unpaired) electrons. The van der Waals surface area contributed by atoms with E-state index in [0.29, 0.717) is 7.25 Å². The maximum absolute atomic E-state index is 6.23. The molecule has 0 bridgehead atoms. The molecule has 2 aromatic rings. The van der Waals surface area contributed by atoms with Crippen molar-refractivity contribution in [2.75, 3.05) is 28.2 Å². The molecule has 5 heteroatoms. The molecule has 0 aromatic heterocycles. The maximum Gasteiger partial charge on any atom is -0.162 e. The van der Waals surface area contributed by atoms with E-state index in [1.165, 1.54) is 22.3 Å². The number of fused-ring (bicyclic) bond motifs is 6. The summed E-state index contributed by atoms with van der Waals surface area (Å²) in [7, 11) is 7.00. The van der Waals surface area contributed by atoms with Gasteiger partial charge in [-0.3, -0.25) is 0 Å². The molecule has 0 amide bonds. The second kappa shape index (κ2) is 9.84. The topological polar surface area (TPSA) is 28.2 Å². The first-order valence-electron chi connectivity index (χ1n) is 10.0. The second-order valence-corrected chi connectivity index (χ2v) is 12.8. The molecule has 1 fully saturated rings. The molecule has 2 unspecified atom stereocenters. The molecule has 1 saturated heterocycles. The van der Waals surface area contributed by atoms with Crippen molar-refractivity contribution in [3.8, 4) is 0 Å². The van der Waals surface area contributed by atoms with E-state index >= 15 is 0 Å². The number of nitrogens with zero attached hydrogens (tertiary/aromatic N) is 2. The third kappa shape index (κ3) is 4.43. The molecule has 2 nitrogen and oxygen atoms in total. The zero-order valence-corrected chi connectivity index (χ0v) is 22.4. The minimum Gasteiger partial charge on any atom is -0.668 e. The van der Waals surface area contributed by atoms with E-state index < -0.39 is 23.2 Å². The van der Waals surface area contributed by atoms with E-state index in [4.69, 9.17) is 23.2 Å². The minimum absolute atomic E-state index is 0.103. The van der Waals surface area contributed by atoms with Gasteiger partial charge in [-0.2, -0.15) is 28.2 Å². The Morgan fingerprint density at radius 2 is 1.10 bits per heavy atom. The molecule has 2 aromatic carbocycles. The molecule has 3 aliphatic rings. The standard InChI is InChI=1S/C21H16Cl2.2C2H6N.Zr/c1-21(2,17-7-13-3-5-19(22)11-15(13)9-17)18-8-14-4-6-20(23)12-16(14)10-18;2*1-3-2;/h3-12H,1-2H3;2*1-2H3;/q;2*-1;+2. The van der Waals surface area contributed by atoms with Gasteiger partial charge in [0, 0.05) is 0 Å². The summed E-state index contributed by atoms with van der Waals surface area (Å²) >= 11 is 11.8. The Morgan fingerprint density at radius 1 is 0.733 bits per heavy atom. The zero-order chi connectivity index (χ0) is 22.1. The van der Waals surface area contributed by atoms with Gasteiger partial charge in [-0.25, -0.2) is 0 Å². The summed E-state index contributed by atoms with van der Waals surface area (Å²) in [5.41, 5.74) is 9.01. The van der Waals surface area contributed by atoms with Crippen LogP contribution in [0.5, 0.6) is 0 Å². The van der Waals surface area contributed by atoms with Crippen LogP contribution in [0.1, 0.15) is 43.4 Å². The number of hydrogen-bond acceptors (Lipinski definition) is 0. The summed E-state index contributed by atoms with van der Waals surface area (Å²) in [6, 6.07) is 12.9. The summed E-state index contributed by atoms with van der Waals surface area (Å²) < 4.78 is 1.33. The van der Waals surface area contributed by atoms with E-state index in [-0.39, 0.29) is 5.41 Å². The van der Waals surface area contributed by atoms with Crippen molar-refractivity contribution in [2.24, 2.45) is 5.41 Å². The Labute approximate surface area is 202 Å². The average molecular weight is 519 g/mol. The predicted octanol–water partition coefficient (Wildman–Crippen LogP) is 7.93. The molecule has 5 rings (SSSR count). The van der Waals surface area contributed by atoms with Gasteiger partial charge in [0.2, 0.25) is 0 Å². The number of halogens is 2. The number of hydrogen-bond donors (Lipinski definition) is 0. The van der Waals surface area contributed by atoms with E-state index in [1.807, 2.05) is 0 Å². The molecule has 1 heterocycles. The first-order valence-corrected chi connectivity index (χ1v) is 13.6. The van der Waals surface area contributed by atoms with Gasteiger partial charge in [0.15, 0.2) is 0 Å². The summed E-state index contributed by atoms with van der Waals surface area (Å²) in [5, 5.41) is 8.68. The minimum atomic E-state index is -0.705. The van der Waals surface area contributed by atoms with Crippen LogP contribution in [0.2, 0.25) is 10.0 Å². The van der Waals surface area contributed by atoms with Crippen molar-refractivity contribution in [1.82, 2.24) is 0 Å². The Kier molecular flexibility index (Phi) is 7.86. The van der Waals surface area contributed by atoms with Gasteiger partial charge in [0.05, 0.1) is 0 Å². The van der Waals surface area contributed by atoms with E-state index in [0.717, 1.165) is 10.0 Å². The molecule has 2 aliphatic carbocycles. The Balaban J connectivity index is 0.000000385. The second-order valence-electron chi connectivity index (χ2n) is 8.30. The predicted molar refractivity (Wildman–Crippen MR) is 129 cm³/mol. The Hall–Kier alpha value is -0.697. The fraction of sp³-hybridized carbons (Fsp3) is 0.360. The van der Waals surface area contributed by atoms with Crippen molar-refractivity contribution in [3.05, 3.63) is 90.5 Å². The number of allylic oxidation sites excluding steroid dienone is 2. The smallest absolute Gasteiger partial charge is 0.162 e. The quantitative estimate of drug-likeness (QED) is 0.339. The van der Waals surface area contributed by atoms with Crippen LogP contribution in [0.15, 0.2) is 47.5 Å². The Bertz CT molecular complexity index is 917. The molecule has 2 atom stereocenters. The summed E-state index contributed by atoms with van der Waals surface area (Å²) in [4.78, 5) is 0. The van der Waals surface area contributed by atoms with Gasteiger partial charge in [0.25, 0.3) is 0 Å². The van der Waals surface area contributed by atoms with E-state index in [9.17, 15) is 0 Å². The van der Waals surface area contributed by atoms with Crippen LogP contribution in [0.25, 0.3) is 22.8 Å². The van der Waals surface area contributed by atoms with Gasteiger partial charge in [0.1, 0.15) is 0 Å². The number of benzene rings is 2. The van der Waals surface area contributed by atoms with Gasteiger partial charge in [-0.05, 0) is 0 Å². The third-order valence-electron chi connectivity index (χ3n) is 5.74. The van der Waals surface area contributed by atoms with Crippen LogP contribution in [-0.4, -0.2) is 28.2 Å². The van der Waals surface area contributed by atoms with Gasteiger partial charge >= 0.3 is 165 Å². The monoisotopic (exact) mass is 516 g/mol. The van der Waals surface area contributed by atoms with Crippen LogP contribution in [-0.2, 0) is 23.2 Å². The average Bonchev–Trinajstić information content (AvgIpc) is 3.22. The van der Waals surface area contributed by atoms with Crippen LogP contribution in [0.3, 0.4) is 0 Å². The maximum atomic E-state index is 6.23. The normalized spacial score (nSPS) is 20.9. The van der Waals surface area contributed by atoms with Gasteiger partial charge in [-0.1, -0.05) is 0 Å². The van der Waals surface area contributed by atoms with E-state index in [2.05, 4.69) is 73.0 Å². The molecule has 0 saturated carbocycles. The van der Waals surface area contributed by atoms with Gasteiger partial charge in [-0.15, -0.1) is 0 Å². The molecule has 0 spiro atoms. The third-order valence-corrected chi connectivity index (χ3v) is 10.9. The molecular weight excluding hydrogens is 490 g/mol. The fourth-order valence-corrected chi connectivity index (χ4v) is 10.9. The van der Waals surface area contributed by atoms with Crippen molar-refractivity contribution in [2.45, 2.75) is 21.1 Å². The van der Waals surface area contributed by atoms with Crippen LogP contribution in [0.4, 0.5) is 0 Å². The fourth-order valence-electron chi connectivity index (χ4n) is 4.48. The van der Waals surface area contributed by atoms with E-state index in [1.54, 1.807) is 39.3 Å². The molecule has 30 heavy (non-hydrogen) atoms. The van der Waals surface area contributed by atoms with Crippen molar-refractivity contribution >= 4 is 35.4 Å². The molecule has 0 N–H and O–H groups in total. The first-order chi connectivity index (χ1) is 14.3. The van der Waals surface area contributed by atoms with Crippen LogP contribution in [0, 0.1) is 5.41 Å². The van der Waals surface area contributed by atoms with Gasteiger partial charge < -0.3 is 10.6 Å². The zero-order valence-electron chi connectivity index (χ0n) is 18.4. The van der Waals surface area contributed by atoms with Crippen LogP contribution >= 0.6 is 23.2 Å². The largest absolute Gasteiger partial charge is 0.668 e. The van der Waals surface area contributed by atoms with Crippen molar-refractivity contribution in [3.63, 3.8) is 0 Å². The SMILES string of the molecule is CC1(C)C2=Cc3cc(Cl)ccc3[CH]2[Zr+2][CH]2C1=Cc1cc(Cl)ccc12.C[N-]C.C[N-]C. The summed E-state index contributed by atoms with van der Waals surface area (Å²) in [6.45, 7) is 4.79. The van der Waals surface area contributed by atoms with Crippen molar-refractivity contribution < 1.29 is 23.2 Å². The number of rotatable bonds is 0.